The molecule has 1 saturated heterocycles. The maximum atomic E-state index is 6.31. The second kappa shape index (κ2) is 9.24. The number of H-pyrrole nitrogens is 1. The lowest BCUT2D eigenvalue weighted by molar-refractivity contribution is -0.0350. The van der Waals surface area contributed by atoms with Crippen molar-refractivity contribution in [3.05, 3.63) is 82.6 Å². The van der Waals surface area contributed by atoms with Crippen molar-refractivity contribution < 1.29 is 9.47 Å². The standard InChI is InChI=1S/C22H24ClN3O2/c23-20-9-5-4-6-17(20)15-26-11-13-28-22(16-26)21-14-18(24-25-21)10-12-27-19-7-2-1-3-8-19/h1-9,14,22H,10-13,15-16H2,(H,24,25)/t22-/m0/s1. The summed E-state index contributed by atoms with van der Waals surface area (Å²) in [6.07, 6.45) is 0.745. The number of hydrogen-bond acceptors (Lipinski definition) is 4. The predicted octanol–water partition coefficient (Wildman–Crippen LogP) is 4.26. The molecular formula is C22H24ClN3O2. The lowest BCUT2D eigenvalue weighted by Crippen LogP contribution is -2.38. The van der Waals surface area contributed by atoms with Crippen LogP contribution in [-0.4, -0.2) is 41.4 Å². The van der Waals surface area contributed by atoms with Gasteiger partial charge in [0.05, 0.1) is 18.9 Å². The number of nitrogens with zero attached hydrogens (tertiary/aromatic N) is 2. The molecule has 0 spiro atoms. The van der Waals surface area contributed by atoms with E-state index in [0.717, 1.165) is 53.8 Å². The van der Waals surface area contributed by atoms with E-state index in [1.807, 2.05) is 48.5 Å². The molecule has 28 heavy (non-hydrogen) atoms. The monoisotopic (exact) mass is 397 g/mol. The Kier molecular flexibility index (Phi) is 6.27. The molecule has 3 aromatic rings. The molecule has 1 aliphatic heterocycles. The van der Waals surface area contributed by atoms with Crippen LogP contribution in [0.5, 0.6) is 5.75 Å². The van der Waals surface area contributed by atoms with Crippen molar-refractivity contribution in [3.8, 4) is 5.75 Å². The zero-order valence-electron chi connectivity index (χ0n) is 15.7. The summed E-state index contributed by atoms with van der Waals surface area (Å²) in [6.45, 7) is 3.81. The quantitative estimate of drug-likeness (QED) is 0.647. The Bertz CT molecular complexity index is 884. The fourth-order valence-electron chi connectivity index (χ4n) is 3.36. The van der Waals surface area contributed by atoms with Crippen LogP contribution in [0.3, 0.4) is 0 Å². The normalized spacial score (nSPS) is 17.5. The van der Waals surface area contributed by atoms with Crippen LogP contribution >= 0.6 is 11.6 Å². The van der Waals surface area contributed by atoms with Gasteiger partial charge in [-0.2, -0.15) is 5.10 Å². The summed E-state index contributed by atoms with van der Waals surface area (Å²) in [4.78, 5) is 2.36. The number of rotatable bonds is 7. The first-order valence-corrected chi connectivity index (χ1v) is 9.95. The third-order valence-electron chi connectivity index (χ3n) is 4.87. The molecule has 0 unspecified atom stereocenters. The summed E-state index contributed by atoms with van der Waals surface area (Å²) in [5.74, 6) is 0.882. The van der Waals surface area contributed by atoms with Crippen LogP contribution in [0.15, 0.2) is 60.7 Å². The topological polar surface area (TPSA) is 50.4 Å². The fraction of sp³-hybridized carbons (Fsp3) is 0.318. The minimum atomic E-state index is -0.0312. The highest BCUT2D eigenvalue weighted by molar-refractivity contribution is 6.31. The average molecular weight is 398 g/mol. The second-order valence-corrected chi connectivity index (χ2v) is 7.32. The van der Waals surface area contributed by atoms with Crippen molar-refractivity contribution in [2.75, 3.05) is 26.3 Å². The Morgan fingerprint density at radius 3 is 2.82 bits per heavy atom. The van der Waals surface area contributed by atoms with E-state index in [4.69, 9.17) is 21.1 Å². The van der Waals surface area contributed by atoms with Gasteiger partial charge in [-0.1, -0.05) is 48.0 Å². The number of benzene rings is 2. The van der Waals surface area contributed by atoms with Crippen LogP contribution in [0.1, 0.15) is 23.1 Å². The van der Waals surface area contributed by atoms with Crippen LogP contribution in [0, 0.1) is 0 Å². The van der Waals surface area contributed by atoms with E-state index in [9.17, 15) is 0 Å². The first-order valence-electron chi connectivity index (χ1n) is 9.57. The second-order valence-electron chi connectivity index (χ2n) is 6.92. The van der Waals surface area contributed by atoms with Crippen LogP contribution in [0.25, 0.3) is 0 Å². The van der Waals surface area contributed by atoms with Crippen molar-refractivity contribution in [3.63, 3.8) is 0 Å². The number of halogens is 1. The summed E-state index contributed by atoms with van der Waals surface area (Å²) in [5.41, 5.74) is 3.14. The molecule has 1 aliphatic rings. The van der Waals surface area contributed by atoms with Crippen molar-refractivity contribution >= 4 is 11.6 Å². The molecular weight excluding hydrogens is 374 g/mol. The van der Waals surface area contributed by atoms with E-state index in [0.29, 0.717) is 13.2 Å². The highest BCUT2D eigenvalue weighted by Crippen LogP contribution is 2.24. The third kappa shape index (κ3) is 4.93. The fourth-order valence-corrected chi connectivity index (χ4v) is 3.56. The minimum absolute atomic E-state index is 0.0312. The molecule has 1 aromatic heterocycles. The Balaban J connectivity index is 1.31. The van der Waals surface area contributed by atoms with Crippen molar-refractivity contribution in [2.24, 2.45) is 0 Å². The van der Waals surface area contributed by atoms with Gasteiger partial charge in [-0.25, -0.2) is 0 Å². The Hall–Kier alpha value is -2.34. The highest BCUT2D eigenvalue weighted by Gasteiger charge is 2.24. The smallest absolute Gasteiger partial charge is 0.119 e. The van der Waals surface area contributed by atoms with Gasteiger partial charge >= 0.3 is 0 Å². The van der Waals surface area contributed by atoms with Gasteiger partial charge in [-0.05, 0) is 29.8 Å². The van der Waals surface area contributed by atoms with Gasteiger partial charge in [-0.15, -0.1) is 0 Å². The van der Waals surface area contributed by atoms with Gasteiger partial charge in [0.2, 0.25) is 0 Å². The maximum absolute atomic E-state index is 6.31. The molecule has 0 bridgehead atoms. The van der Waals surface area contributed by atoms with Gasteiger partial charge < -0.3 is 9.47 Å². The third-order valence-corrected chi connectivity index (χ3v) is 5.24. The summed E-state index contributed by atoms with van der Waals surface area (Å²) in [7, 11) is 0. The Morgan fingerprint density at radius 2 is 1.96 bits per heavy atom. The summed E-state index contributed by atoms with van der Waals surface area (Å²) in [5, 5.41) is 8.39. The summed E-state index contributed by atoms with van der Waals surface area (Å²) >= 11 is 6.31. The highest BCUT2D eigenvalue weighted by atomic mass is 35.5. The van der Waals surface area contributed by atoms with Crippen molar-refractivity contribution in [1.29, 1.82) is 0 Å². The SMILES string of the molecule is Clc1ccccc1CN1CCO[C@H](c2cc(CCOc3ccccc3)[nH]n2)C1. The number of para-hydroxylation sites is 1. The lowest BCUT2D eigenvalue weighted by atomic mass is 10.1. The van der Waals surface area contributed by atoms with Crippen molar-refractivity contribution in [2.45, 2.75) is 19.1 Å². The molecule has 1 atom stereocenters. The molecule has 146 valence electrons. The summed E-state index contributed by atoms with van der Waals surface area (Å²) in [6, 6.07) is 19.9. The largest absolute Gasteiger partial charge is 0.493 e. The number of aromatic nitrogens is 2. The van der Waals surface area contributed by atoms with E-state index in [2.05, 4.69) is 27.2 Å². The minimum Gasteiger partial charge on any atom is -0.493 e. The first-order chi connectivity index (χ1) is 13.8. The molecule has 1 fully saturated rings. The molecule has 2 aromatic carbocycles. The van der Waals surface area contributed by atoms with Crippen LogP contribution in [0.2, 0.25) is 5.02 Å². The zero-order chi connectivity index (χ0) is 19.2. The number of hydrogen-bond donors (Lipinski definition) is 1. The lowest BCUT2D eigenvalue weighted by Gasteiger charge is -2.32. The van der Waals surface area contributed by atoms with Gasteiger partial charge in [0.15, 0.2) is 0 Å². The predicted molar refractivity (Wildman–Crippen MR) is 110 cm³/mol. The van der Waals surface area contributed by atoms with Gasteiger partial charge in [0.25, 0.3) is 0 Å². The van der Waals surface area contributed by atoms with E-state index >= 15 is 0 Å². The molecule has 5 nitrogen and oxygen atoms in total. The molecule has 6 heteroatoms. The molecule has 4 rings (SSSR count). The van der Waals surface area contributed by atoms with E-state index < -0.39 is 0 Å². The van der Waals surface area contributed by atoms with E-state index in [1.165, 1.54) is 0 Å². The van der Waals surface area contributed by atoms with Crippen LogP contribution in [-0.2, 0) is 17.7 Å². The zero-order valence-corrected chi connectivity index (χ0v) is 16.4. The number of aromatic amines is 1. The van der Waals surface area contributed by atoms with Crippen molar-refractivity contribution in [1.82, 2.24) is 15.1 Å². The van der Waals surface area contributed by atoms with E-state index in [-0.39, 0.29) is 6.10 Å². The van der Waals surface area contributed by atoms with Gasteiger partial charge in [0.1, 0.15) is 11.9 Å². The van der Waals surface area contributed by atoms with Gasteiger partial charge in [0, 0.05) is 36.8 Å². The van der Waals surface area contributed by atoms with E-state index in [1.54, 1.807) is 0 Å². The Morgan fingerprint density at radius 1 is 1.14 bits per heavy atom. The number of ether oxygens (including phenoxy) is 2. The molecule has 0 amide bonds. The molecule has 1 N–H and O–H groups in total. The molecule has 0 radical (unpaired) electrons. The molecule has 2 heterocycles. The van der Waals surface area contributed by atoms with Gasteiger partial charge in [-0.3, -0.25) is 10.00 Å². The number of nitrogens with one attached hydrogen (secondary N) is 1. The van der Waals surface area contributed by atoms with Crippen LogP contribution < -0.4 is 4.74 Å². The van der Waals surface area contributed by atoms with Crippen LogP contribution in [0.4, 0.5) is 0 Å². The number of morpholine rings is 1. The maximum Gasteiger partial charge on any atom is 0.119 e. The average Bonchev–Trinajstić information content (AvgIpc) is 3.20. The molecule has 0 saturated carbocycles. The Labute approximate surface area is 170 Å². The molecule has 0 aliphatic carbocycles. The summed E-state index contributed by atoms with van der Waals surface area (Å²) < 4.78 is 11.7. The first kappa shape index (κ1) is 19.0.